The van der Waals surface area contributed by atoms with Gasteiger partial charge in [0, 0.05) is 22.4 Å². The molecule has 1 radical (unpaired) electrons. The summed E-state index contributed by atoms with van der Waals surface area (Å²) < 4.78 is 7.88. The predicted octanol–water partition coefficient (Wildman–Crippen LogP) is -0.280. The van der Waals surface area contributed by atoms with Gasteiger partial charge in [0.25, 0.3) is 0 Å². The van der Waals surface area contributed by atoms with Crippen LogP contribution in [0.3, 0.4) is 0 Å². The molecule has 0 aliphatic carbocycles. The topological polar surface area (TPSA) is 17.1 Å². The van der Waals surface area contributed by atoms with Gasteiger partial charge in [0.1, 0.15) is 0 Å². The SMILES string of the molecule is [H-].[H-].[Nb].[O]=[Ni].[Sr+2]. The summed E-state index contributed by atoms with van der Waals surface area (Å²) in [5.41, 5.74) is 0. The van der Waals surface area contributed by atoms with Gasteiger partial charge in [-0.15, -0.1) is 0 Å². The Labute approximate surface area is 88.2 Å². The molecule has 0 amide bonds. The van der Waals surface area contributed by atoms with Crippen LogP contribution < -0.4 is 0 Å². The standard InChI is InChI=1S/Nb.Ni.O.Sr.2H/q;;;+2;2*-1. The number of rotatable bonds is 0. The van der Waals surface area contributed by atoms with Crippen LogP contribution >= 0.6 is 0 Å². The first kappa shape index (κ1) is 16.0. The summed E-state index contributed by atoms with van der Waals surface area (Å²) in [7, 11) is 0. The summed E-state index contributed by atoms with van der Waals surface area (Å²) >= 11 is 2.62. The van der Waals surface area contributed by atoms with Gasteiger partial charge in [-0.3, -0.25) is 0 Å². The van der Waals surface area contributed by atoms with Crippen molar-refractivity contribution in [1.82, 2.24) is 0 Å². The van der Waals surface area contributed by atoms with Crippen molar-refractivity contribution in [3.05, 3.63) is 0 Å². The van der Waals surface area contributed by atoms with E-state index in [1.807, 2.05) is 0 Å². The van der Waals surface area contributed by atoms with Crippen LogP contribution in [0.15, 0.2) is 0 Å². The van der Waals surface area contributed by atoms with Gasteiger partial charge in [-0.2, -0.15) is 0 Å². The van der Waals surface area contributed by atoms with Crippen molar-refractivity contribution in [1.29, 1.82) is 0 Å². The molecule has 0 aromatic carbocycles. The molecule has 4 heteroatoms. The molecule has 0 heterocycles. The molecule has 0 aliphatic heterocycles. The second-order valence-corrected chi connectivity index (χ2v) is 0. The van der Waals surface area contributed by atoms with E-state index in [1.54, 1.807) is 0 Å². The third kappa shape index (κ3) is 8.82. The molecule has 1 nitrogen and oxygen atoms in total. The van der Waals surface area contributed by atoms with Crippen LogP contribution in [-0.2, 0) is 41.7 Å². The fourth-order valence-electron chi connectivity index (χ4n) is 0. The fourth-order valence-corrected chi connectivity index (χ4v) is 0. The van der Waals surface area contributed by atoms with Crippen molar-refractivity contribution in [2.45, 2.75) is 0 Å². The molecule has 0 aromatic rings. The van der Waals surface area contributed by atoms with Crippen molar-refractivity contribution in [2.24, 2.45) is 0 Å². The van der Waals surface area contributed by atoms with Crippen molar-refractivity contribution < 1.29 is 44.5 Å². The summed E-state index contributed by atoms with van der Waals surface area (Å²) in [6.45, 7) is 0. The van der Waals surface area contributed by atoms with E-state index >= 15 is 0 Å². The first-order chi connectivity index (χ1) is 1.00. The smallest absolute Gasteiger partial charge is 2.00 e. The summed E-state index contributed by atoms with van der Waals surface area (Å²) in [5.74, 6) is 0. The van der Waals surface area contributed by atoms with E-state index in [2.05, 4.69) is 15.4 Å². The summed E-state index contributed by atoms with van der Waals surface area (Å²) in [4.78, 5) is 0. The van der Waals surface area contributed by atoms with E-state index in [9.17, 15) is 0 Å². The second-order valence-electron chi connectivity index (χ2n) is 0. The van der Waals surface area contributed by atoms with E-state index in [4.69, 9.17) is 3.90 Å². The Morgan fingerprint density at radius 1 is 1.50 bits per heavy atom. The first-order valence-electron chi connectivity index (χ1n) is 0.129. The Morgan fingerprint density at radius 3 is 1.50 bits per heavy atom. The maximum absolute atomic E-state index is 7.88. The molecule has 0 rings (SSSR count). The van der Waals surface area contributed by atoms with Gasteiger partial charge in [-0.05, 0) is 0 Å². The fraction of sp³-hybridized carbons (Fsp3) is 0. The zero-order valence-corrected chi connectivity index (χ0v) is 8.54. The molecule has 0 aromatic heterocycles. The van der Waals surface area contributed by atoms with E-state index in [-0.39, 0.29) is 70.7 Å². The van der Waals surface area contributed by atoms with Crippen LogP contribution in [-0.4, -0.2) is 45.5 Å². The minimum absolute atomic E-state index is 0. The Morgan fingerprint density at radius 2 is 1.50 bits per heavy atom. The minimum atomic E-state index is 0. The first-order valence-corrected chi connectivity index (χ1v) is 0.532. The van der Waals surface area contributed by atoms with E-state index in [0.29, 0.717) is 0 Å². The zero-order valence-electron chi connectivity index (χ0n) is 3.88. The molecule has 0 bridgehead atoms. The average molecular weight is 257 g/mol. The van der Waals surface area contributed by atoms with Crippen LogP contribution in [0.25, 0.3) is 0 Å². The van der Waals surface area contributed by atoms with Gasteiger partial charge in [-0.1, -0.05) is 0 Å². The Hall–Kier alpha value is 2.51. The third-order valence-electron chi connectivity index (χ3n) is 0. The van der Waals surface area contributed by atoms with Crippen molar-refractivity contribution >= 4 is 45.5 Å². The Bertz CT molecular complexity index is 13.5. The molecule has 0 N–H and O–H groups in total. The molecule has 0 saturated carbocycles. The number of hydrogen-bond donors (Lipinski definition) is 0. The van der Waals surface area contributed by atoms with Crippen LogP contribution in [0.5, 0.6) is 0 Å². The van der Waals surface area contributed by atoms with Gasteiger partial charge in [0.15, 0.2) is 0 Å². The van der Waals surface area contributed by atoms with Gasteiger partial charge in [0.05, 0.1) is 0 Å². The van der Waals surface area contributed by atoms with Crippen LogP contribution in [0.4, 0.5) is 0 Å². The van der Waals surface area contributed by atoms with E-state index in [0.717, 1.165) is 0 Å². The van der Waals surface area contributed by atoms with Gasteiger partial charge in [0.2, 0.25) is 0 Å². The summed E-state index contributed by atoms with van der Waals surface area (Å²) in [6, 6.07) is 0. The molecule has 0 spiro atoms. The molecule has 0 unspecified atom stereocenters. The molecule has 0 aliphatic rings. The maximum atomic E-state index is 7.88. The van der Waals surface area contributed by atoms with Crippen LogP contribution in [0, 0.1) is 0 Å². The normalized spacial score (nSPS) is 1.50. The summed E-state index contributed by atoms with van der Waals surface area (Å²) in [5, 5.41) is 0. The van der Waals surface area contributed by atoms with Crippen molar-refractivity contribution in [2.75, 3.05) is 0 Å². The molecule has 25 valence electrons. The molecule has 0 saturated heterocycles. The molecule has 0 fully saturated rings. The van der Waals surface area contributed by atoms with Gasteiger partial charge < -0.3 is 2.85 Å². The average Bonchev–Trinajstić information content (AvgIpc) is 1.00. The van der Waals surface area contributed by atoms with Gasteiger partial charge in [-0.25, -0.2) is 0 Å². The van der Waals surface area contributed by atoms with Crippen molar-refractivity contribution in [3.8, 4) is 0 Å². The maximum Gasteiger partial charge on any atom is 2.00 e. The van der Waals surface area contributed by atoms with Crippen LogP contribution in [0.1, 0.15) is 2.85 Å². The Kier molecular flexibility index (Phi) is 71.3. The minimum Gasteiger partial charge on any atom is 2.00 e. The monoisotopic (exact) mass is 257 g/mol. The van der Waals surface area contributed by atoms with Crippen LogP contribution in [0.2, 0.25) is 0 Å². The molecular weight excluding hydrogens is 255 g/mol. The van der Waals surface area contributed by atoms with Gasteiger partial charge >= 0.3 is 64.8 Å². The predicted molar refractivity (Wildman–Crippen MR) is 8.66 cm³/mol. The summed E-state index contributed by atoms with van der Waals surface area (Å²) in [6.07, 6.45) is 0. The molecule has 4 heavy (non-hydrogen) atoms. The Balaban J connectivity index is -0.000000000833. The largest absolute Gasteiger partial charge is 2.00 e. The molecular formula is H2NbNiOSr. The quantitative estimate of drug-likeness (QED) is 0.546. The number of hydrogen-bond acceptors (Lipinski definition) is 1. The zero-order chi connectivity index (χ0) is 2.00. The third-order valence-corrected chi connectivity index (χ3v) is 0. The van der Waals surface area contributed by atoms with E-state index < -0.39 is 0 Å². The second kappa shape index (κ2) is 17.8. The van der Waals surface area contributed by atoms with Crippen molar-refractivity contribution in [3.63, 3.8) is 0 Å². The molecule has 0 atom stereocenters. The van der Waals surface area contributed by atoms with E-state index in [1.165, 1.54) is 0 Å².